The Morgan fingerprint density at radius 3 is 2.59 bits per heavy atom. The molecule has 0 saturated heterocycles. The van der Waals surface area contributed by atoms with E-state index in [1.807, 2.05) is 0 Å². The van der Waals surface area contributed by atoms with Gasteiger partial charge in [-0.1, -0.05) is 18.2 Å². The highest BCUT2D eigenvalue weighted by molar-refractivity contribution is 5.78. The van der Waals surface area contributed by atoms with Gasteiger partial charge in [0, 0.05) is 42.0 Å². The zero-order valence-corrected chi connectivity index (χ0v) is 17.2. The van der Waals surface area contributed by atoms with Gasteiger partial charge in [0.15, 0.2) is 0 Å². The number of hydrogen-bond acceptors (Lipinski definition) is 4. The van der Waals surface area contributed by atoms with Gasteiger partial charge in [-0.3, -0.25) is 14.6 Å². The normalized spacial score (nSPS) is 10.6. The highest BCUT2D eigenvalue weighted by atomic mass is 19.1. The van der Waals surface area contributed by atoms with Gasteiger partial charge in [-0.05, 0) is 42.3 Å². The van der Waals surface area contributed by atoms with Crippen LogP contribution in [0, 0.1) is 11.6 Å². The fourth-order valence-electron chi connectivity index (χ4n) is 3.00. The minimum atomic E-state index is -0.907. The lowest BCUT2D eigenvalue weighted by molar-refractivity contribution is -0.137. The molecule has 0 aliphatic carbocycles. The van der Waals surface area contributed by atoms with Gasteiger partial charge >= 0.3 is 5.97 Å². The third-order valence-corrected chi connectivity index (χ3v) is 4.60. The lowest BCUT2D eigenvalue weighted by atomic mass is 10.1. The summed E-state index contributed by atoms with van der Waals surface area (Å²) in [6, 6.07) is 13.7. The highest BCUT2D eigenvalue weighted by Crippen LogP contribution is 2.26. The number of aromatic nitrogens is 1. The van der Waals surface area contributed by atoms with E-state index in [9.17, 15) is 18.4 Å². The van der Waals surface area contributed by atoms with E-state index in [1.54, 1.807) is 36.4 Å². The molecule has 0 aliphatic heterocycles. The van der Waals surface area contributed by atoms with Gasteiger partial charge in [0.25, 0.3) is 0 Å². The number of pyridine rings is 1. The topological polar surface area (TPSA) is 88.5 Å². The maximum Gasteiger partial charge on any atom is 0.303 e. The van der Waals surface area contributed by atoms with Gasteiger partial charge in [-0.15, -0.1) is 0 Å². The molecule has 32 heavy (non-hydrogen) atoms. The molecule has 166 valence electrons. The summed E-state index contributed by atoms with van der Waals surface area (Å²) in [6.45, 7) is 0.396. The number of carboxylic acid groups (broad SMARTS) is 1. The summed E-state index contributed by atoms with van der Waals surface area (Å²) < 4.78 is 33.0. The molecule has 0 bridgehead atoms. The fourth-order valence-corrected chi connectivity index (χ4v) is 3.00. The number of hydrogen-bond donors (Lipinski definition) is 2. The number of ether oxygens (including phenoxy) is 1. The van der Waals surface area contributed by atoms with Crippen molar-refractivity contribution in [2.45, 2.75) is 25.8 Å². The van der Waals surface area contributed by atoms with Gasteiger partial charge in [0.1, 0.15) is 17.4 Å². The molecular weight excluding hydrogens is 418 g/mol. The van der Waals surface area contributed by atoms with Crippen molar-refractivity contribution < 1.29 is 28.2 Å². The number of halogens is 2. The molecule has 1 heterocycles. The number of benzene rings is 2. The molecule has 3 aromatic rings. The van der Waals surface area contributed by atoms with Crippen LogP contribution in [0.5, 0.6) is 5.75 Å². The minimum absolute atomic E-state index is 0.0125. The number of amides is 1. The summed E-state index contributed by atoms with van der Waals surface area (Å²) in [7, 11) is 0. The van der Waals surface area contributed by atoms with Crippen molar-refractivity contribution in [3.63, 3.8) is 0 Å². The fraction of sp³-hybridized carbons (Fsp3) is 0.208. The first-order valence-corrected chi connectivity index (χ1v) is 10.0. The minimum Gasteiger partial charge on any atom is -0.493 e. The van der Waals surface area contributed by atoms with Crippen LogP contribution in [0.25, 0.3) is 11.1 Å². The number of carboxylic acids is 1. The van der Waals surface area contributed by atoms with Crippen molar-refractivity contribution in [1.82, 2.24) is 10.3 Å². The van der Waals surface area contributed by atoms with Gasteiger partial charge in [0.2, 0.25) is 5.91 Å². The maximum atomic E-state index is 14.5. The van der Waals surface area contributed by atoms with Gasteiger partial charge in [0.05, 0.1) is 13.0 Å². The monoisotopic (exact) mass is 440 g/mol. The van der Waals surface area contributed by atoms with E-state index in [-0.39, 0.29) is 37.7 Å². The summed E-state index contributed by atoms with van der Waals surface area (Å²) in [6.07, 6.45) is 1.85. The van der Waals surface area contributed by atoms with Gasteiger partial charge < -0.3 is 15.2 Å². The summed E-state index contributed by atoms with van der Waals surface area (Å²) in [5.41, 5.74) is 2.05. The molecule has 0 saturated carbocycles. The molecule has 1 aromatic heterocycles. The van der Waals surface area contributed by atoms with Crippen molar-refractivity contribution in [3.05, 3.63) is 83.7 Å². The zero-order valence-electron chi connectivity index (χ0n) is 17.2. The molecule has 0 fully saturated rings. The third kappa shape index (κ3) is 6.87. The zero-order chi connectivity index (χ0) is 22.9. The highest BCUT2D eigenvalue weighted by Gasteiger charge is 2.10. The van der Waals surface area contributed by atoms with E-state index in [4.69, 9.17) is 9.84 Å². The molecule has 0 radical (unpaired) electrons. The van der Waals surface area contributed by atoms with Crippen molar-refractivity contribution in [3.8, 4) is 16.9 Å². The van der Waals surface area contributed by atoms with Crippen molar-refractivity contribution >= 4 is 11.9 Å². The lowest BCUT2D eigenvalue weighted by Crippen LogP contribution is -2.24. The maximum absolute atomic E-state index is 14.5. The lowest BCUT2D eigenvalue weighted by Gasteiger charge is -2.09. The Balaban J connectivity index is 1.54. The average molecular weight is 440 g/mol. The summed E-state index contributed by atoms with van der Waals surface area (Å²) in [4.78, 5) is 26.8. The van der Waals surface area contributed by atoms with Crippen LogP contribution in [0.15, 0.2) is 60.8 Å². The molecule has 0 aliphatic rings. The van der Waals surface area contributed by atoms with Crippen LogP contribution in [0.2, 0.25) is 0 Å². The van der Waals surface area contributed by atoms with Gasteiger partial charge in [-0.2, -0.15) is 0 Å². The Morgan fingerprint density at radius 2 is 1.91 bits per heavy atom. The Kier molecular flexibility index (Phi) is 7.85. The number of aliphatic carboxylic acids is 1. The van der Waals surface area contributed by atoms with Crippen LogP contribution >= 0.6 is 0 Å². The number of nitrogens with one attached hydrogen (secondary N) is 1. The van der Waals surface area contributed by atoms with Crippen LogP contribution in [-0.2, 0) is 22.6 Å². The predicted molar refractivity (Wildman–Crippen MR) is 114 cm³/mol. The van der Waals surface area contributed by atoms with Crippen molar-refractivity contribution in [2.75, 3.05) is 6.61 Å². The number of rotatable bonds is 10. The Hall–Kier alpha value is -3.81. The van der Waals surface area contributed by atoms with E-state index in [0.29, 0.717) is 34.6 Å². The van der Waals surface area contributed by atoms with E-state index in [0.717, 1.165) is 0 Å². The molecule has 8 heteroatoms. The number of carbonyl (C=O) groups is 2. The predicted octanol–water partition coefficient (Wildman–Crippen LogP) is 4.13. The Bertz CT molecular complexity index is 1090. The first-order chi connectivity index (χ1) is 15.4. The summed E-state index contributed by atoms with van der Waals surface area (Å²) in [5, 5.41) is 11.3. The first-order valence-electron chi connectivity index (χ1n) is 10.0. The molecule has 2 N–H and O–H groups in total. The van der Waals surface area contributed by atoms with Crippen LogP contribution in [0.1, 0.15) is 24.1 Å². The summed E-state index contributed by atoms with van der Waals surface area (Å²) in [5.74, 6) is -1.71. The SMILES string of the molecule is O=C(O)CCCOc1ccc(-c2ccc(CC(=O)NCc3cccc(F)c3)nc2)c(F)c1. The van der Waals surface area contributed by atoms with Crippen LogP contribution < -0.4 is 10.1 Å². The molecule has 2 aromatic carbocycles. The number of carbonyl (C=O) groups excluding carboxylic acids is 1. The molecular formula is C24H22F2N2O4. The molecule has 0 atom stereocenters. The quantitative estimate of drug-likeness (QED) is 0.463. The van der Waals surface area contributed by atoms with E-state index < -0.39 is 11.8 Å². The van der Waals surface area contributed by atoms with E-state index in [1.165, 1.54) is 24.4 Å². The smallest absolute Gasteiger partial charge is 0.303 e. The van der Waals surface area contributed by atoms with E-state index in [2.05, 4.69) is 10.3 Å². The standard InChI is InChI=1S/C24H22F2N2O4/c25-18-4-1-3-16(11-18)14-28-23(29)12-19-7-6-17(15-27-19)21-9-8-20(13-22(21)26)32-10-2-5-24(30)31/h1,3-4,6-9,11,13,15H,2,5,10,12,14H2,(H,28,29)(H,30,31). The van der Waals surface area contributed by atoms with Crippen LogP contribution in [-0.4, -0.2) is 28.6 Å². The van der Waals surface area contributed by atoms with Gasteiger partial charge in [-0.25, -0.2) is 8.78 Å². The average Bonchev–Trinajstić information content (AvgIpc) is 2.76. The molecule has 1 amide bonds. The van der Waals surface area contributed by atoms with Crippen LogP contribution in [0.4, 0.5) is 8.78 Å². The number of nitrogens with zero attached hydrogens (tertiary/aromatic N) is 1. The third-order valence-electron chi connectivity index (χ3n) is 4.60. The van der Waals surface area contributed by atoms with Crippen LogP contribution in [0.3, 0.4) is 0 Å². The Labute approximate surface area is 183 Å². The van der Waals surface area contributed by atoms with E-state index >= 15 is 0 Å². The molecule has 3 rings (SSSR count). The van der Waals surface area contributed by atoms with Crippen molar-refractivity contribution in [2.24, 2.45) is 0 Å². The first kappa shape index (κ1) is 22.9. The second-order valence-corrected chi connectivity index (χ2v) is 7.11. The Morgan fingerprint density at radius 1 is 1.06 bits per heavy atom. The largest absolute Gasteiger partial charge is 0.493 e. The second kappa shape index (κ2) is 11.0. The van der Waals surface area contributed by atoms with Crippen molar-refractivity contribution in [1.29, 1.82) is 0 Å². The molecule has 6 nitrogen and oxygen atoms in total. The summed E-state index contributed by atoms with van der Waals surface area (Å²) >= 11 is 0. The molecule has 0 unspecified atom stereocenters. The second-order valence-electron chi connectivity index (χ2n) is 7.11. The molecule has 0 spiro atoms.